The Morgan fingerprint density at radius 3 is 2.43 bits per heavy atom. The highest BCUT2D eigenvalue weighted by molar-refractivity contribution is 7.99. The van der Waals surface area contributed by atoms with E-state index in [0.717, 1.165) is 28.4 Å². The number of rotatable bonds is 5. The van der Waals surface area contributed by atoms with Crippen molar-refractivity contribution in [1.29, 1.82) is 0 Å². The lowest BCUT2D eigenvalue weighted by Crippen LogP contribution is -2.13. The number of nitrogens with zero attached hydrogens (tertiary/aromatic N) is 2. The Morgan fingerprint density at radius 1 is 1.14 bits per heavy atom. The van der Waals surface area contributed by atoms with Crippen molar-refractivity contribution in [3.63, 3.8) is 0 Å². The van der Waals surface area contributed by atoms with Gasteiger partial charge in [0.25, 0.3) is 0 Å². The van der Waals surface area contributed by atoms with Crippen LogP contribution in [0.1, 0.15) is 29.4 Å². The Labute approximate surface area is 129 Å². The van der Waals surface area contributed by atoms with E-state index in [-0.39, 0.29) is 5.82 Å². The fraction of sp³-hybridized carbons (Fsp3) is 0.375. The zero-order valence-corrected chi connectivity index (χ0v) is 13.6. The molecule has 0 aliphatic rings. The zero-order chi connectivity index (χ0) is 15.4. The van der Waals surface area contributed by atoms with E-state index in [1.807, 2.05) is 33.8 Å². The summed E-state index contributed by atoms with van der Waals surface area (Å²) < 4.78 is 14.0. The predicted molar refractivity (Wildman–Crippen MR) is 84.1 cm³/mol. The number of halogens is 1. The summed E-state index contributed by atoms with van der Waals surface area (Å²) in [5, 5.41) is 3.83. The average Bonchev–Trinajstić information content (AvgIpc) is 2.44. The fourth-order valence-corrected chi connectivity index (χ4v) is 2.94. The summed E-state index contributed by atoms with van der Waals surface area (Å²) in [6.07, 6.45) is 0. The molecular weight excluding hydrogens is 285 g/mol. The summed E-state index contributed by atoms with van der Waals surface area (Å²) in [6, 6.07) is 5.12. The highest BCUT2D eigenvalue weighted by atomic mass is 32.2. The molecule has 0 fully saturated rings. The highest BCUT2D eigenvalue weighted by Crippen LogP contribution is 2.30. The molecule has 3 nitrogen and oxygen atoms in total. The SMILES string of the molecule is CCNCc1c(F)cccc1Sc1nc(C)c(C)c(C)n1. The fourth-order valence-electron chi connectivity index (χ4n) is 1.94. The van der Waals surface area contributed by atoms with Crippen molar-refractivity contribution >= 4 is 11.8 Å². The van der Waals surface area contributed by atoms with Gasteiger partial charge in [-0.05, 0) is 56.8 Å². The van der Waals surface area contributed by atoms with Gasteiger partial charge in [-0.15, -0.1) is 0 Å². The van der Waals surface area contributed by atoms with Gasteiger partial charge in [0, 0.05) is 28.4 Å². The number of hydrogen-bond acceptors (Lipinski definition) is 4. The second-order valence-corrected chi connectivity index (χ2v) is 5.91. The molecule has 0 spiro atoms. The van der Waals surface area contributed by atoms with E-state index >= 15 is 0 Å². The molecule has 5 heteroatoms. The first-order chi connectivity index (χ1) is 10.0. The van der Waals surface area contributed by atoms with Gasteiger partial charge in [0.2, 0.25) is 0 Å². The monoisotopic (exact) mass is 305 g/mol. The lowest BCUT2D eigenvalue weighted by Gasteiger charge is -2.11. The molecule has 0 radical (unpaired) electrons. The van der Waals surface area contributed by atoms with Gasteiger partial charge in [0.1, 0.15) is 5.82 Å². The second kappa shape index (κ2) is 7.00. The second-order valence-electron chi connectivity index (χ2n) is 4.90. The normalized spacial score (nSPS) is 10.9. The first-order valence-corrected chi connectivity index (χ1v) is 7.82. The topological polar surface area (TPSA) is 37.8 Å². The van der Waals surface area contributed by atoms with Gasteiger partial charge in [0.15, 0.2) is 5.16 Å². The number of nitrogens with one attached hydrogen (secondary N) is 1. The maximum absolute atomic E-state index is 14.0. The summed E-state index contributed by atoms with van der Waals surface area (Å²) >= 11 is 1.41. The van der Waals surface area contributed by atoms with Crippen molar-refractivity contribution in [2.24, 2.45) is 0 Å². The Bertz CT molecular complexity index is 620. The number of hydrogen-bond donors (Lipinski definition) is 1. The third-order valence-corrected chi connectivity index (χ3v) is 4.41. The molecule has 21 heavy (non-hydrogen) atoms. The van der Waals surface area contributed by atoms with E-state index in [4.69, 9.17) is 0 Å². The summed E-state index contributed by atoms with van der Waals surface area (Å²) in [5.74, 6) is -0.193. The van der Waals surface area contributed by atoms with E-state index in [0.29, 0.717) is 17.3 Å². The third-order valence-electron chi connectivity index (χ3n) is 3.44. The molecule has 0 atom stereocenters. The van der Waals surface area contributed by atoms with Crippen molar-refractivity contribution < 1.29 is 4.39 Å². The molecule has 1 aromatic carbocycles. The van der Waals surface area contributed by atoms with E-state index < -0.39 is 0 Å². The van der Waals surface area contributed by atoms with E-state index in [9.17, 15) is 4.39 Å². The largest absolute Gasteiger partial charge is 0.313 e. The minimum atomic E-state index is -0.193. The lowest BCUT2D eigenvalue weighted by molar-refractivity contribution is 0.585. The van der Waals surface area contributed by atoms with E-state index in [1.54, 1.807) is 6.07 Å². The molecular formula is C16H20FN3S. The van der Waals surface area contributed by atoms with Crippen LogP contribution in [0.2, 0.25) is 0 Å². The van der Waals surface area contributed by atoms with Gasteiger partial charge in [-0.25, -0.2) is 14.4 Å². The minimum absolute atomic E-state index is 0.193. The van der Waals surface area contributed by atoms with Gasteiger partial charge >= 0.3 is 0 Å². The minimum Gasteiger partial charge on any atom is -0.313 e. The van der Waals surface area contributed by atoms with Crippen LogP contribution in [0.4, 0.5) is 4.39 Å². The Morgan fingerprint density at radius 2 is 1.81 bits per heavy atom. The van der Waals surface area contributed by atoms with Crippen molar-refractivity contribution in [3.05, 3.63) is 46.5 Å². The third kappa shape index (κ3) is 3.80. The molecule has 0 aliphatic carbocycles. The zero-order valence-electron chi connectivity index (χ0n) is 12.8. The van der Waals surface area contributed by atoms with Crippen LogP contribution in [-0.2, 0) is 6.54 Å². The first-order valence-electron chi connectivity index (χ1n) is 7.00. The quantitative estimate of drug-likeness (QED) is 0.853. The Kier molecular flexibility index (Phi) is 5.31. The summed E-state index contributed by atoms with van der Waals surface area (Å²) in [5.41, 5.74) is 3.71. The van der Waals surface area contributed by atoms with Gasteiger partial charge in [-0.2, -0.15) is 0 Å². The molecule has 1 aromatic heterocycles. The molecule has 0 unspecified atom stereocenters. The summed E-state index contributed by atoms with van der Waals surface area (Å²) in [7, 11) is 0. The predicted octanol–water partition coefficient (Wildman–Crippen LogP) is 3.80. The number of benzene rings is 1. The van der Waals surface area contributed by atoms with Crippen LogP contribution in [0.15, 0.2) is 28.3 Å². The Hall–Kier alpha value is -1.46. The van der Waals surface area contributed by atoms with Crippen LogP contribution < -0.4 is 5.32 Å². The molecule has 1 heterocycles. The molecule has 0 amide bonds. The highest BCUT2D eigenvalue weighted by Gasteiger charge is 2.12. The summed E-state index contributed by atoms with van der Waals surface area (Å²) in [6.45, 7) is 9.27. The van der Waals surface area contributed by atoms with E-state index in [2.05, 4.69) is 15.3 Å². The molecule has 0 aliphatic heterocycles. The number of aromatic nitrogens is 2. The van der Waals surface area contributed by atoms with Gasteiger partial charge in [-0.1, -0.05) is 13.0 Å². The smallest absolute Gasteiger partial charge is 0.192 e. The van der Waals surface area contributed by atoms with Crippen molar-refractivity contribution in [1.82, 2.24) is 15.3 Å². The van der Waals surface area contributed by atoms with Crippen molar-refractivity contribution in [2.75, 3.05) is 6.54 Å². The van der Waals surface area contributed by atoms with Gasteiger partial charge < -0.3 is 5.32 Å². The molecule has 0 bridgehead atoms. The molecule has 2 rings (SSSR count). The van der Waals surface area contributed by atoms with Gasteiger partial charge in [-0.3, -0.25) is 0 Å². The maximum atomic E-state index is 14.0. The molecule has 2 aromatic rings. The lowest BCUT2D eigenvalue weighted by atomic mass is 10.2. The molecule has 0 saturated heterocycles. The van der Waals surface area contributed by atoms with Crippen molar-refractivity contribution in [3.8, 4) is 0 Å². The van der Waals surface area contributed by atoms with Crippen LogP contribution in [0.5, 0.6) is 0 Å². The van der Waals surface area contributed by atoms with Crippen LogP contribution in [0.3, 0.4) is 0 Å². The van der Waals surface area contributed by atoms with Crippen LogP contribution in [0, 0.1) is 26.6 Å². The Balaban J connectivity index is 2.33. The van der Waals surface area contributed by atoms with Crippen molar-refractivity contribution in [2.45, 2.75) is 44.3 Å². The summed E-state index contributed by atoms with van der Waals surface area (Å²) in [4.78, 5) is 9.84. The van der Waals surface area contributed by atoms with Crippen LogP contribution in [0.25, 0.3) is 0 Å². The standard InChI is InChI=1S/C16H20FN3S/c1-5-18-9-13-14(17)7-6-8-15(13)21-16-19-11(3)10(2)12(4)20-16/h6-8,18H,5,9H2,1-4H3. The molecule has 0 saturated carbocycles. The van der Waals surface area contributed by atoms with Gasteiger partial charge in [0.05, 0.1) is 0 Å². The molecule has 1 N–H and O–H groups in total. The average molecular weight is 305 g/mol. The van der Waals surface area contributed by atoms with E-state index in [1.165, 1.54) is 17.8 Å². The van der Waals surface area contributed by atoms with Crippen LogP contribution >= 0.6 is 11.8 Å². The number of aryl methyl sites for hydroxylation is 2. The van der Waals surface area contributed by atoms with Crippen LogP contribution in [-0.4, -0.2) is 16.5 Å². The maximum Gasteiger partial charge on any atom is 0.192 e. The molecule has 112 valence electrons. The first kappa shape index (κ1) is 15.9.